The van der Waals surface area contributed by atoms with Gasteiger partial charge in [-0.1, -0.05) is 90.1 Å². The Balaban J connectivity index is 0. The van der Waals surface area contributed by atoms with Crippen LogP contribution in [0.5, 0.6) is 0 Å². The third-order valence-electron chi connectivity index (χ3n) is 2.55. The van der Waals surface area contributed by atoms with Crippen LogP contribution in [0.3, 0.4) is 0 Å². The van der Waals surface area contributed by atoms with Crippen molar-refractivity contribution < 1.29 is 0 Å². The van der Waals surface area contributed by atoms with Crippen molar-refractivity contribution in [3.63, 3.8) is 0 Å². The van der Waals surface area contributed by atoms with E-state index in [-0.39, 0.29) is 0 Å². The molecule has 0 aromatic heterocycles. The smallest absolute Gasteiger partial charge is 0.0683 e. The Morgan fingerprint density at radius 2 is 1.11 bits per heavy atom. The lowest BCUT2D eigenvalue weighted by Crippen LogP contribution is -1.84. The van der Waals surface area contributed by atoms with E-state index in [0.717, 1.165) is 0 Å². The van der Waals surface area contributed by atoms with Crippen molar-refractivity contribution in [1.29, 1.82) is 0 Å². The average molecular weight is 270 g/mol. The second-order valence-electron chi connectivity index (χ2n) is 3.90. The molecule has 1 aromatic rings. The molecule has 1 saturated carbocycles. The third kappa shape index (κ3) is 12.0. The van der Waals surface area contributed by atoms with E-state index < -0.39 is 0 Å². The van der Waals surface area contributed by atoms with Gasteiger partial charge in [0.1, 0.15) is 5.25 Å². The van der Waals surface area contributed by atoms with Crippen LogP contribution in [0.2, 0.25) is 0 Å². The summed E-state index contributed by atoms with van der Waals surface area (Å²) in [6.45, 7) is 10.1. The fraction of sp³-hybridized carbons (Fsp3) is 0.647. The lowest BCUT2D eigenvalue weighted by Gasteiger charge is -1.95. The van der Waals surface area contributed by atoms with Crippen molar-refractivity contribution in [2.75, 3.05) is 0 Å². The molecule has 1 aliphatic carbocycles. The first-order chi connectivity index (χ1) is 8.80. The van der Waals surface area contributed by atoms with Gasteiger partial charge in [-0.3, -0.25) is 0 Å². The maximum absolute atomic E-state index is 3.53. The third-order valence-corrected chi connectivity index (χ3v) is 2.88. The van der Waals surface area contributed by atoms with Crippen molar-refractivity contribution in [3.8, 4) is 0 Å². The lowest BCUT2D eigenvalue weighted by atomic mass is 10.2. The molecule has 0 nitrogen and oxygen atoms in total. The van der Waals surface area contributed by atoms with Crippen LogP contribution in [0.1, 0.15) is 77.5 Å². The van der Waals surface area contributed by atoms with Crippen LogP contribution in [0.4, 0.5) is 0 Å². The highest BCUT2D eigenvalue weighted by molar-refractivity contribution is 7.59. The zero-order valence-corrected chi connectivity index (χ0v) is 14.0. The zero-order valence-electron chi connectivity index (χ0n) is 13.0. The summed E-state index contributed by atoms with van der Waals surface area (Å²) in [4.78, 5) is 0. The minimum atomic E-state index is 0.464. The van der Waals surface area contributed by atoms with Crippen LogP contribution in [0.25, 0.3) is 0 Å². The van der Waals surface area contributed by atoms with Crippen molar-refractivity contribution >= 4 is 12.6 Å². The Labute approximate surface area is 121 Å². The van der Waals surface area contributed by atoms with E-state index in [2.05, 4.69) is 31.7 Å². The monoisotopic (exact) mass is 269 g/mol. The number of hydrogen-bond donors (Lipinski definition) is 0. The Bertz CT molecular complexity index is 217. The summed E-state index contributed by atoms with van der Waals surface area (Å²) >= 11 is 3.53. The summed E-state index contributed by atoms with van der Waals surface area (Å²) in [6, 6.07) is 10.3. The van der Waals surface area contributed by atoms with Gasteiger partial charge in [0.05, 0.1) is 0 Å². The van der Waals surface area contributed by atoms with Crippen LogP contribution < -0.4 is 0 Å². The molecule has 0 spiro atoms. The van der Waals surface area contributed by atoms with E-state index in [1.165, 1.54) is 37.7 Å². The molecule has 1 aromatic carbocycles. The molecule has 1 fully saturated rings. The summed E-state index contributed by atoms with van der Waals surface area (Å²) in [7, 11) is 0. The normalized spacial score (nSPS) is 13.9. The van der Waals surface area contributed by atoms with E-state index in [9.17, 15) is 0 Å². The van der Waals surface area contributed by atoms with E-state index in [0.29, 0.717) is 5.25 Å². The summed E-state index contributed by atoms with van der Waals surface area (Å²) in [5.74, 6) is 0. The quantitative estimate of drug-likeness (QED) is 0.568. The summed E-state index contributed by atoms with van der Waals surface area (Å²) in [5, 5.41) is 0.464. The van der Waals surface area contributed by atoms with Gasteiger partial charge in [0.15, 0.2) is 0 Å². The first kappa shape index (κ1) is 19.9. The Morgan fingerprint density at radius 1 is 0.778 bits per heavy atom. The maximum Gasteiger partial charge on any atom is 0.135 e. The fourth-order valence-electron chi connectivity index (χ4n) is 1.63. The van der Waals surface area contributed by atoms with Gasteiger partial charge in [0.25, 0.3) is 0 Å². The van der Waals surface area contributed by atoms with Crippen LogP contribution in [0, 0.1) is 0 Å². The van der Waals surface area contributed by atoms with Crippen molar-refractivity contribution in [2.24, 2.45) is 0 Å². The molecule has 0 amide bonds. The molecule has 0 bridgehead atoms. The minimum absolute atomic E-state index is 0.464. The largest absolute Gasteiger partial charge is 0.135 e. The molecule has 1 heteroatoms. The molecule has 1 atom stereocenters. The van der Waals surface area contributed by atoms with Gasteiger partial charge < -0.3 is 0 Å². The van der Waals surface area contributed by atoms with Gasteiger partial charge >= 0.3 is 0 Å². The summed E-state index contributed by atoms with van der Waals surface area (Å²) in [5.41, 5.74) is 1.33. The Hall–Kier alpha value is -0.430. The van der Waals surface area contributed by atoms with Crippen LogP contribution in [-0.2, 0) is 12.6 Å². The predicted octanol–water partition coefficient (Wildman–Crippen LogP) is 5.76. The van der Waals surface area contributed by atoms with Crippen LogP contribution in [0.15, 0.2) is 30.3 Å². The molecule has 0 aliphatic heterocycles. The fourth-order valence-corrected chi connectivity index (χ4v) is 1.82. The molecule has 1 aliphatic rings. The number of benzene rings is 1. The summed E-state index contributed by atoms with van der Waals surface area (Å²) < 4.78 is 0. The lowest BCUT2D eigenvalue weighted by molar-refractivity contribution is 0.886. The molecular weight excluding hydrogens is 236 g/mol. The molecule has 18 heavy (non-hydrogen) atoms. The first-order valence-electron chi connectivity index (χ1n) is 7.57. The highest BCUT2D eigenvalue weighted by Crippen LogP contribution is 2.15. The average Bonchev–Trinajstić information content (AvgIpc) is 3.03. The van der Waals surface area contributed by atoms with Gasteiger partial charge in [-0.2, -0.15) is 0 Å². The maximum atomic E-state index is 3.53. The number of rotatable bonds is 1. The second kappa shape index (κ2) is 16.6. The molecule has 0 heterocycles. The van der Waals surface area contributed by atoms with Crippen LogP contribution >= 0.6 is 0 Å². The number of hydrogen-bond acceptors (Lipinski definition) is 0. The SMILES string of the molecule is C1CCCC1.CC.CC.CC([SH2+])c1ccccc1. The van der Waals surface area contributed by atoms with Gasteiger partial charge in [-0.15, -0.1) is 0 Å². The van der Waals surface area contributed by atoms with E-state index >= 15 is 0 Å². The predicted molar refractivity (Wildman–Crippen MR) is 90.8 cm³/mol. The van der Waals surface area contributed by atoms with Gasteiger partial charge in [-0.25, -0.2) is 0 Å². The topological polar surface area (TPSA) is 0 Å². The van der Waals surface area contributed by atoms with Gasteiger partial charge in [0.2, 0.25) is 0 Å². The van der Waals surface area contributed by atoms with E-state index in [1.54, 1.807) is 0 Å². The molecule has 2 rings (SSSR count). The van der Waals surface area contributed by atoms with Crippen molar-refractivity contribution in [2.45, 2.75) is 72.0 Å². The second-order valence-corrected chi connectivity index (χ2v) is 4.77. The minimum Gasteiger partial charge on any atom is -0.0683 e. The molecule has 0 saturated heterocycles. The molecular formula is C17H33S+. The Morgan fingerprint density at radius 3 is 1.33 bits per heavy atom. The standard InChI is InChI=1S/C8H10S.C5H10.2C2H6/c1-7(9)8-5-3-2-4-6-8;1-2-4-5-3-1;2*1-2/h2-7,9H,1H3;1-5H2;2*1-2H3/p+1. The van der Waals surface area contributed by atoms with E-state index in [1.807, 2.05) is 45.9 Å². The van der Waals surface area contributed by atoms with Gasteiger partial charge in [0, 0.05) is 5.56 Å². The summed E-state index contributed by atoms with van der Waals surface area (Å²) in [6.07, 6.45) is 7.50. The molecule has 0 radical (unpaired) electrons. The Kier molecular flexibility index (Phi) is 18.3. The zero-order chi connectivity index (χ0) is 14.2. The molecule has 106 valence electrons. The highest BCUT2D eigenvalue weighted by atomic mass is 32.1. The molecule has 1 unspecified atom stereocenters. The molecule has 0 N–H and O–H groups in total. The van der Waals surface area contributed by atoms with Crippen molar-refractivity contribution in [3.05, 3.63) is 35.9 Å². The van der Waals surface area contributed by atoms with Gasteiger partial charge in [-0.05, 0) is 19.6 Å². The first-order valence-corrected chi connectivity index (χ1v) is 8.14. The van der Waals surface area contributed by atoms with Crippen LogP contribution in [-0.4, -0.2) is 0 Å². The van der Waals surface area contributed by atoms with Crippen molar-refractivity contribution in [1.82, 2.24) is 0 Å². The highest BCUT2D eigenvalue weighted by Gasteiger charge is 2.00. The van der Waals surface area contributed by atoms with E-state index in [4.69, 9.17) is 0 Å².